The minimum absolute atomic E-state index is 0.0338. The van der Waals surface area contributed by atoms with Crippen LogP contribution in [-0.4, -0.2) is 22.6 Å². The van der Waals surface area contributed by atoms with Gasteiger partial charge in [-0.25, -0.2) is 0 Å². The number of aromatic nitrogens is 1. The Bertz CT molecular complexity index is 892. The fraction of sp³-hybridized carbons (Fsp3) is 0.368. The highest BCUT2D eigenvalue weighted by Gasteiger charge is 2.33. The van der Waals surface area contributed by atoms with Crippen molar-refractivity contribution >= 4 is 5.91 Å². The second-order valence-electron chi connectivity index (χ2n) is 6.66. The Hall–Kier alpha value is -2.61. The van der Waals surface area contributed by atoms with Crippen LogP contribution in [0.25, 0.3) is 0 Å². The predicted octanol–water partition coefficient (Wildman–Crippen LogP) is 2.81. The first kappa shape index (κ1) is 19.2. The van der Waals surface area contributed by atoms with Gasteiger partial charge >= 0.3 is 6.18 Å². The van der Waals surface area contributed by atoms with Crippen LogP contribution in [0.15, 0.2) is 41.2 Å². The number of H-pyrrole nitrogens is 1. The van der Waals surface area contributed by atoms with E-state index in [9.17, 15) is 27.9 Å². The smallest absolute Gasteiger partial charge is 0.396 e. The first-order valence-electron chi connectivity index (χ1n) is 8.59. The summed E-state index contributed by atoms with van der Waals surface area (Å²) < 4.78 is 38.0. The molecule has 1 aliphatic carbocycles. The molecule has 1 aromatic heterocycles. The van der Waals surface area contributed by atoms with Crippen LogP contribution in [0.5, 0.6) is 0 Å². The van der Waals surface area contributed by atoms with Gasteiger partial charge in [0, 0.05) is 6.61 Å². The molecule has 1 aromatic carbocycles. The third-order valence-corrected chi connectivity index (χ3v) is 4.81. The quantitative estimate of drug-likeness (QED) is 0.763. The maximum atomic E-state index is 12.7. The van der Waals surface area contributed by atoms with E-state index in [1.54, 1.807) is 4.98 Å². The highest BCUT2D eigenvalue weighted by atomic mass is 19.4. The number of fused-ring (bicyclic) bond motifs is 1. The van der Waals surface area contributed by atoms with Crippen LogP contribution in [0.2, 0.25) is 0 Å². The van der Waals surface area contributed by atoms with Crippen molar-refractivity contribution in [3.63, 3.8) is 0 Å². The van der Waals surface area contributed by atoms with E-state index in [-0.39, 0.29) is 24.1 Å². The molecule has 0 spiro atoms. The number of benzene rings is 1. The maximum Gasteiger partial charge on any atom is 0.431 e. The largest absolute Gasteiger partial charge is 0.431 e. The molecule has 1 heterocycles. The van der Waals surface area contributed by atoms with E-state index in [2.05, 4.69) is 5.32 Å². The number of nitrogens with one attached hydrogen (secondary N) is 2. The highest BCUT2D eigenvalue weighted by molar-refractivity contribution is 5.94. The molecule has 0 bridgehead atoms. The number of carbonyl (C=O) groups excluding carboxylic acids is 1. The number of amides is 1. The van der Waals surface area contributed by atoms with Crippen molar-refractivity contribution in [3.05, 3.63) is 69.1 Å². The van der Waals surface area contributed by atoms with E-state index >= 15 is 0 Å². The Morgan fingerprint density at radius 1 is 1.22 bits per heavy atom. The highest BCUT2D eigenvalue weighted by Crippen LogP contribution is 2.34. The fourth-order valence-electron chi connectivity index (χ4n) is 3.51. The van der Waals surface area contributed by atoms with Gasteiger partial charge in [-0.1, -0.05) is 24.3 Å². The van der Waals surface area contributed by atoms with Gasteiger partial charge in [0.2, 0.25) is 0 Å². The van der Waals surface area contributed by atoms with Crippen LogP contribution >= 0.6 is 0 Å². The van der Waals surface area contributed by atoms with E-state index < -0.39 is 23.3 Å². The number of alkyl halides is 3. The number of hydrogen-bond acceptors (Lipinski definition) is 3. The van der Waals surface area contributed by atoms with Crippen molar-refractivity contribution in [1.82, 2.24) is 10.3 Å². The van der Waals surface area contributed by atoms with Crippen LogP contribution in [0, 0.1) is 5.92 Å². The van der Waals surface area contributed by atoms with Crippen LogP contribution < -0.4 is 10.9 Å². The zero-order valence-corrected chi connectivity index (χ0v) is 14.3. The van der Waals surface area contributed by atoms with Crippen molar-refractivity contribution in [3.8, 4) is 0 Å². The summed E-state index contributed by atoms with van der Waals surface area (Å²) in [7, 11) is 0. The summed E-state index contributed by atoms with van der Waals surface area (Å²) in [5.74, 6) is -0.560. The molecule has 1 amide bonds. The van der Waals surface area contributed by atoms with Gasteiger partial charge in [-0.2, -0.15) is 13.2 Å². The SMILES string of the molecule is O=C(NC1CC(CCO)Cc2ccccc21)c1ccc(C(F)(F)F)[nH]c1=O. The average Bonchev–Trinajstić information content (AvgIpc) is 2.61. The lowest BCUT2D eigenvalue weighted by molar-refractivity contribution is -0.141. The van der Waals surface area contributed by atoms with Gasteiger partial charge in [0.1, 0.15) is 11.3 Å². The van der Waals surface area contributed by atoms with Gasteiger partial charge in [-0.05, 0) is 48.4 Å². The maximum absolute atomic E-state index is 12.7. The lowest BCUT2D eigenvalue weighted by Gasteiger charge is -2.32. The Morgan fingerprint density at radius 3 is 2.63 bits per heavy atom. The number of halogens is 3. The summed E-state index contributed by atoms with van der Waals surface area (Å²) >= 11 is 0. The predicted molar refractivity (Wildman–Crippen MR) is 92.2 cm³/mol. The number of carbonyl (C=O) groups is 1. The standard InChI is InChI=1S/C19H19F3N2O3/c20-19(21,22)16-6-5-14(18(27)24-16)17(26)23-15-10-11(7-8-25)9-12-3-1-2-4-13(12)15/h1-6,11,15,25H,7-10H2,(H,23,26)(H,24,27). The molecule has 27 heavy (non-hydrogen) atoms. The zero-order chi connectivity index (χ0) is 19.6. The van der Waals surface area contributed by atoms with Gasteiger partial charge in [0.25, 0.3) is 11.5 Å². The average molecular weight is 380 g/mol. The molecule has 2 unspecified atom stereocenters. The van der Waals surface area contributed by atoms with Crippen LogP contribution in [0.1, 0.15) is 46.1 Å². The van der Waals surface area contributed by atoms with Gasteiger partial charge in [-0.15, -0.1) is 0 Å². The second-order valence-corrected chi connectivity index (χ2v) is 6.66. The molecule has 0 saturated heterocycles. The summed E-state index contributed by atoms with van der Waals surface area (Å²) in [5, 5.41) is 12.0. The van der Waals surface area contributed by atoms with Crippen molar-refractivity contribution in [2.75, 3.05) is 6.61 Å². The molecule has 2 aromatic rings. The lowest BCUT2D eigenvalue weighted by atomic mass is 9.79. The fourth-order valence-corrected chi connectivity index (χ4v) is 3.51. The van der Waals surface area contributed by atoms with Crippen LogP contribution in [-0.2, 0) is 12.6 Å². The van der Waals surface area contributed by atoms with E-state index in [1.165, 1.54) is 0 Å². The van der Waals surface area contributed by atoms with Gasteiger partial charge in [0.15, 0.2) is 0 Å². The first-order valence-corrected chi connectivity index (χ1v) is 8.59. The van der Waals surface area contributed by atoms with Crippen molar-refractivity contribution in [2.45, 2.75) is 31.5 Å². The third kappa shape index (κ3) is 4.21. The van der Waals surface area contributed by atoms with E-state index in [4.69, 9.17) is 0 Å². The number of aliphatic hydroxyl groups is 1. The summed E-state index contributed by atoms with van der Waals surface area (Å²) in [6.07, 6.45) is -2.73. The second kappa shape index (κ2) is 7.56. The summed E-state index contributed by atoms with van der Waals surface area (Å²) in [4.78, 5) is 26.1. The molecule has 0 fully saturated rings. The molecule has 5 nitrogen and oxygen atoms in total. The van der Waals surface area contributed by atoms with Crippen LogP contribution in [0.4, 0.5) is 13.2 Å². The molecule has 144 valence electrons. The number of aromatic amines is 1. The minimum Gasteiger partial charge on any atom is -0.396 e. The summed E-state index contributed by atoms with van der Waals surface area (Å²) in [6, 6.07) is 8.75. The van der Waals surface area contributed by atoms with Crippen molar-refractivity contribution < 1.29 is 23.1 Å². The van der Waals surface area contributed by atoms with Gasteiger partial charge in [-0.3, -0.25) is 9.59 Å². The van der Waals surface area contributed by atoms with Crippen molar-refractivity contribution in [1.29, 1.82) is 0 Å². The molecule has 3 N–H and O–H groups in total. The van der Waals surface area contributed by atoms with E-state index in [0.717, 1.165) is 23.6 Å². The van der Waals surface area contributed by atoms with E-state index in [1.807, 2.05) is 24.3 Å². The molecule has 3 rings (SSSR count). The Kier molecular flexibility index (Phi) is 5.36. The normalized spacial score (nSPS) is 19.4. The molecular formula is C19H19F3N2O3. The zero-order valence-electron chi connectivity index (χ0n) is 14.3. The number of pyridine rings is 1. The monoisotopic (exact) mass is 380 g/mol. The minimum atomic E-state index is -4.69. The number of rotatable bonds is 4. The van der Waals surface area contributed by atoms with Crippen LogP contribution in [0.3, 0.4) is 0 Å². The summed E-state index contributed by atoms with van der Waals surface area (Å²) in [5.41, 5.74) is -0.685. The molecule has 0 aliphatic heterocycles. The first-order chi connectivity index (χ1) is 12.8. The number of hydrogen-bond donors (Lipinski definition) is 3. The van der Waals surface area contributed by atoms with E-state index in [0.29, 0.717) is 18.9 Å². The lowest BCUT2D eigenvalue weighted by Crippen LogP contribution is -2.36. The van der Waals surface area contributed by atoms with Crippen molar-refractivity contribution in [2.24, 2.45) is 5.92 Å². The topological polar surface area (TPSA) is 82.2 Å². The summed E-state index contributed by atoms with van der Waals surface area (Å²) in [6.45, 7) is 0.0338. The molecule has 2 atom stereocenters. The molecule has 8 heteroatoms. The third-order valence-electron chi connectivity index (χ3n) is 4.81. The van der Waals surface area contributed by atoms with Gasteiger partial charge < -0.3 is 15.4 Å². The molecule has 1 aliphatic rings. The molecule has 0 saturated carbocycles. The Balaban J connectivity index is 1.84. The number of aliphatic hydroxyl groups excluding tert-OH is 1. The molecular weight excluding hydrogens is 361 g/mol. The Labute approximate surface area is 153 Å². The Morgan fingerprint density at radius 2 is 1.96 bits per heavy atom. The molecule has 0 radical (unpaired) electrons. The van der Waals surface area contributed by atoms with Gasteiger partial charge in [0.05, 0.1) is 6.04 Å².